The van der Waals surface area contributed by atoms with Gasteiger partial charge in [-0.3, -0.25) is 0 Å². The number of anilines is 1. The maximum Gasteiger partial charge on any atom is 0.126 e. The highest BCUT2D eigenvalue weighted by molar-refractivity contribution is 9.10. The zero-order valence-corrected chi connectivity index (χ0v) is 12.6. The normalized spacial score (nSPS) is 15.1. The molecule has 1 N–H and O–H groups in total. The minimum atomic E-state index is 0.254. The number of nitrogens with one attached hydrogen (secondary N) is 1. The van der Waals surface area contributed by atoms with Crippen molar-refractivity contribution in [3.05, 3.63) is 57.7 Å². The van der Waals surface area contributed by atoms with Crippen molar-refractivity contribution < 1.29 is 0 Å². The standard InChI is InChI=1S/C16H17BrN2/c1-11(13-5-2-6-14(17)10-13)18-16-9-8-12-4-3-7-15(12)19-16/h2,5-6,8-11H,3-4,7H2,1H3,(H,18,19). The number of aryl methyl sites for hydroxylation is 2. The van der Waals surface area contributed by atoms with Crippen LogP contribution in [-0.4, -0.2) is 4.98 Å². The second-order valence-corrected chi connectivity index (χ2v) is 5.99. The van der Waals surface area contributed by atoms with Crippen LogP contribution < -0.4 is 5.32 Å². The molecule has 0 bridgehead atoms. The van der Waals surface area contributed by atoms with Gasteiger partial charge >= 0.3 is 0 Å². The van der Waals surface area contributed by atoms with Crippen LogP contribution in [0.1, 0.15) is 36.2 Å². The molecular formula is C16H17BrN2. The molecule has 1 unspecified atom stereocenters. The van der Waals surface area contributed by atoms with Crippen LogP contribution in [0, 0.1) is 0 Å². The zero-order valence-electron chi connectivity index (χ0n) is 11.0. The van der Waals surface area contributed by atoms with Crippen LogP contribution in [0.5, 0.6) is 0 Å². The molecule has 3 rings (SSSR count). The first-order valence-electron chi connectivity index (χ1n) is 6.73. The molecule has 1 aromatic heterocycles. The van der Waals surface area contributed by atoms with Gasteiger partial charge < -0.3 is 5.32 Å². The van der Waals surface area contributed by atoms with Crippen LogP contribution in [0.15, 0.2) is 40.9 Å². The lowest BCUT2D eigenvalue weighted by Crippen LogP contribution is -2.08. The molecule has 1 heterocycles. The average Bonchev–Trinajstić information content (AvgIpc) is 2.86. The molecule has 0 aliphatic heterocycles. The Morgan fingerprint density at radius 3 is 2.95 bits per heavy atom. The summed E-state index contributed by atoms with van der Waals surface area (Å²) >= 11 is 3.51. The molecule has 1 aromatic carbocycles. The predicted molar refractivity (Wildman–Crippen MR) is 82.4 cm³/mol. The summed E-state index contributed by atoms with van der Waals surface area (Å²) in [6.45, 7) is 2.16. The van der Waals surface area contributed by atoms with E-state index in [1.807, 2.05) is 6.07 Å². The van der Waals surface area contributed by atoms with Crippen molar-refractivity contribution in [2.24, 2.45) is 0 Å². The van der Waals surface area contributed by atoms with Crippen molar-refractivity contribution in [1.29, 1.82) is 0 Å². The van der Waals surface area contributed by atoms with Crippen molar-refractivity contribution in [3.63, 3.8) is 0 Å². The minimum Gasteiger partial charge on any atom is -0.364 e. The summed E-state index contributed by atoms with van der Waals surface area (Å²) in [6, 6.07) is 13.0. The maximum absolute atomic E-state index is 4.72. The van der Waals surface area contributed by atoms with Gasteiger partial charge in [-0.1, -0.05) is 34.1 Å². The number of benzene rings is 1. The smallest absolute Gasteiger partial charge is 0.126 e. The summed E-state index contributed by atoms with van der Waals surface area (Å²) in [5.74, 6) is 0.980. The van der Waals surface area contributed by atoms with E-state index in [0.29, 0.717) is 0 Å². The van der Waals surface area contributed by atoms with Crippen LogP contribution in [-0.2, 0) is 12.8 Å². The molecule has 0 amide bonds. The molecule has 0 radical (unpaired) electrons. The van der Waals surface area contributed by atoms with Crippen LogP contribution >= 0.6 is 15.9 Å². The second-order valence-electron chi connectivity index (χ2n) is 5.08. The molecule has 2 aromatic rings. The Labute approximate surface area is 122 Å². The summed E-state index contributed by atoms with van der Waals surface area (Å²) in [6.07, 6.45) is 3.55. The van der Waals surface area contributed by atoms with Crippen LogP contribution in [0.3, 0.4) is 0 Å². The van der Waals surface area contributed by atoms with Gasteiger partial charge in [0.1, 0.15) is 5.82 Å². The number of halogens is 1. The first kappa shape index (κ1) is 12.7. The number of pyridine rings is 1. The number of hydrogen-bond acceptors (Lipinski definition) is 2. The third-order valence-corrected chi connectivity index (χ3v) is 4.13. The first-order chi connectivity index (χ1) is 9.22. The summed E-state index contributed by atoms with van der Waals surface area (Å²) in [5.41, 5.74) is 3.95. The van der Waals surface area contributed by atoms with Gasteiger partial charge in [-0.2, -0.15) is 0 Å². The minimum absolute atomic E-state index is 0.254. The van der Waals surface area contributed by atoms with Gasteiger partial charge in [-0.05, 0) is 55.5 Å². The summed E-state index contributed by atoms with van der Waals surface area (Å²) in [4.78, 5) is 4.72. The highest BCUT2D eigenvalue weighted by atomic mass is 79.9. The van der Waals surface area contributed by atoms with Crippen molar-refractivity contribution in [3.8, 4) is 0 Å². The molecule has 0 saturated carbocycles. The van der Waals surface area contributed by atoms with E-state index in [4.69, 9.17) is 4.98 Å². The van der Waals surface area contributed by atoms with E-state index >= 15 is 0 Å². The number of rotatable bonds is 3. The lowest BCUT2D eigenvalue weighted by atomic mass is 10.1. The Morgan fingerprint density at radius 1 is 1.21 bits per heavy atom. The number of aromatic nitrogens is 1. The van der Waals surface area contributed by atoms with E-state index in [9.17, 15) is 0 Å². The third kappa shape index (κ3) is 2.81. The Kier molecular flexibility index (Phi) is 3.56. The molecule has 2 nitrogen and oxygen atoms in total. The molecule has 98 valence electrons. The molecule has 1 aliphatic rings. The fraction of sp³-hybridized carbons (Fsp3) is 0.312. The van der Waals surface area contributed by atoms with Gasteiger partial charge in [-0.15, -0.1) is 0 Å². The molecule has 19 heavy (non-hydrogen) atoms. The second kappa shape index (κ2) is 5.33. The predicted octanol–water partition coefficient (Wildman–Crippen LogP) is 4.51. The highest BCUT2D eigenvalue weighted by Crippen LogP contribution is 2.25. The molecule has 1 atom stereocenters. The first-order valence-corrected chi connectivity index (χ1v) is 7.52. The Balaban J connectivity index is 1.77. The molecule has 3 heteroatoms. The van der Waals surface area contributed by atoms with E-state index in [2.05, 4.69) is 58.5 Å². The van der Waals surface area contributed by atoms with Gasteiger partial charge in [-0.25, -0.2) is 4.98 Å². The number of hydrogen-bond donors (Lipinski definition) is 1. The molecule has 0 saturated heterocycles. The molecule has 0 spiro atoms. The van der Waals surface area contributed by atoms with Crippen molar-refractivity contribution in [2.75, 3.05) is 5.32 Å². The van der Waals surface area contributed by atoms with Gasteiger partial charge in [0.2, 0.25) is 0 Å². The third-order valence-electron chi connectivity index (χ3n) is 3.64. The van der Waals surface area contributed by atoms with E-state index in [-0.39, 0.29) is 6.04 Å². The quantitative estimate of drug-likeness (QED) is 0.901. The largest absolute Gasteiger partial charge is 0.364 e. The van der Waals surface area contributed by atoms with E-state index in [1.54, 1.807) is 0 Å². The highest BCUT2D eigenvalue weighted by Gasteiger charge is 2.13. The Morgan fingerprint density at radius 2 is 2.11 bits per heavy atom. The van der Waals surface area contributed by atoms with E-state index in [0.717, 1.165) is 16.7 Å². The average molecular weight is 317 g/mol. The lowest BCUT2D eigenvalue weighted by molar-refractivity contribution is 0.865. The fourth-order valence-electron chi connectivity index (χ4n) is 2.58. The number of nitrogens with zero attached hydrogens (tertiary/aromatic N) is 1. The Bertz CT molecular complexity index is 595. The summed E-state index contributed by atoms with van der Waals surface area (Å²) in [5, 5.41) is 3.48. The molecular weight excluding hydrogens is 300 g/mol. The SMILES string of the molecule is CC(Nc1ccc2c(n1)CCC2)c1cccc(Br)c1. The lowest BCUT2D eigenvalue weighted by Gasteiger charge is -2.16. The fourth-order valence-corrected chi connectivity index (χ4v) is 3.00. The van der Waals surface area contributed by atoms with Crippen molar-refractivity contribution in [1.82, 2.24) is 4.98 Å². The van der Waals surface area contributed by atoms with Gasteiger partial charge in [0.25, 0.3) is 0 Å². The van der Waals surface area contributed by atoms with Gasteiger partial charge in [0.15, 0.2) is 0 Å². The van der Waals surface area contributed by atoms with Crippen molar-refractivity contribution >= 4 is 21.7 Å². The van der Waals surface area contributed by atoms with Crippen molar-refractivity contribution in [2.45, 2.75) is 32.2 Å². The summed E-state index contributed by atoms with van der Waals surface area (Å²) in [7, 11) is 0. The Hall–Kier alpha value is -1.35. The van der Waals surface area contributed by atoms with E-state index in [1.165, 1.54) is 29.7 Å². The zero-order chi connectivity index (χ0) is 13.2. The molecule has 1 aliphatic carbocycles. The maximum atomic E-state index is 4.72. The van der Waals surface area contributed by atoms with Gasteiger partial charge in [0.05, 0.1) is 0 Å². The number of fused-ring (bicyclic) bond motifs is 1. The molecule has 0 fully saturated rings. The van der Waals surface area contributed by atoms with Crippen LogP contribution in [0.25, 0.3) is 0 Å². The monoisotopic (exact) mass is 316 g/mol. The topological polar surface area (TPSA) is 24.9 Å². The summed E-state index contributed by atoms with van der Waals surface area (Å²) < 4.78 is 1.11. The van der Waals surface area contributed by atoms with Gasteiger partial charge in [0, 0.05) is 16.2 Å². The van der Waals surface area contributed by atoms with Crippen LogP contribution in [0.4, 0.5) is 5.82 Å². The van der Waals surface area contributed by atoms with E-state index < -0.39 is 0 Å². The van der Waals surface area contributed by atoms with Crippen LogP contribution in [0.2, 0.25) is 0 Å².